The molecule has 0 spiro atoms. The summed E-state index contributed by atoms with van der Waals surface area (Å²) in [6.45, 7) is 1.30. The SMILES string of the molecule is Cl.NC1(C(=O)N2CCC(Oc3ccc([N+](=O)[O-])cc3)CC2)CCCCC1. The molecule has 1 saturated carbocycles. The lowest BCUT2D eigenvalue weighted by Gasteiger charge is -2.40. The molecule has 7 nitrogen and oxygen atoms in total. The van der Waals surface area contributed by atoms with E-state index in [9.17, 15) is 14.9 Å². The predicted molar refractivity (Wildman–Crippen MR) is 101 cm³/mol. The van der Waals surface area contributed by atoms with E-state index in [1.165, 1.54) is 12.1 Å². The van der Waals surface area contributed by atoms with Crippen LogP contribution in [0.15, 0.2) is 24.3 Å². The fourth-order valence-electron chi connectivity index (χ4n) is 3.73. The second kappa shape index (κ2) is 8.68. The first-order valence-electron chi connectivity index (χ1n) is 8.97. The van der Waals surface area contributed by atoms with Crippen LogP contribution in [0.5, 0.6) is 5.75 Å². The molecule has 0 atom stereocenters. The Morgan fingerprint density at radius 1 is 1.15 bits per heavy atom. The maximum atomic E-state index is 12.7. The third-order valence-corrected chi connectivity index (χ3v) is 5.25. The van der Waals surface area contributed by atoms with Crippen LogP contribution in [0.25, 0.3) is 0 Å². The number of ether oxygens (including phenoxy) is 1. The van der Waals surface area contributed by atoms with Crippen LogP contribution in [0.3, 0.4) is 0 Å². The van der Waals surface area contributed by atoms with E-state index in [0.29, 0.717) is 18.8 Å². The molecule has 8 heteroatoms. The fraction of sp³-hybridized carbons (Fsp3) is 0.611. The van der Waals surface area contributed by atoms with Crippen molar-refractivity contribution in [2.24, 2.45) is 5.73 Å². The van der Waals surface area contributed by atoms with Crippen LogP contribution in [0.4, 0.5) is 5.69 Å². The molecule has 1 aliphatic heterocycles. The van der Waals surface area contributed by atoms with Crippen molar-refractivity contribution in [3.63, 3.8) is 0 Å². The van der Waals surface area contributed by atoms with Crippen molar-refractivity contribution in [1.82, 2.24) is 4.90 Å². The highest BCUT2D eigenvalue weighted by atomic mass is 35.5. The molecule has 0 bridgehead atoms. The second-order valence-corrected chi connectivity index (χ2v) is 7.08. The minimum atomic E-state index is -0.676. The van der Waals surface area contributed by atoms with Gasteiger partial charge in [0.25, 0.3) is 5.69 Å². The summed E-state index contributed by atoms with van der Waals surface area (Å²) in [7, 11) is 0. The number of hydrogen-bond donors (Lipinski definition) is 1. The predicted octanol–water partition coefficient (Wildman–Crippen LogP) is 3.05. The van der Waals surface area contributed by atoms with Gasteiger partial charge in [0.2, 0.25) is 5.91 Å². The lowest BCUT2D eigenvalue weighted by atomic mass is 9.81. The number of rotatable bonds is 4. The van der Waals surface area contributed by atoms with Crippen LogP contribution in [0, 0.1) is 10.1 Å². The number of piperidine rings is 1. The molecule has 1 heterocycles. The molecule has 1 aromatic rings. The fourth-order valence-corrected chi connectivity index (χ4v) is 3.73. The number of likely N-dealkylation sites (tertiary alicyclic amines) is 1. The number of benzene rings is 1. The Kier molecular flexibility index (Phi) is 6.83. The van der Waals surface area contributed by atoms with E-state index >= 15 is 0 Å². The van der Waals surface area contributed by atoms with E-state index in [1.54, 1.807) is 12.1 Å². The summed E-state index contributed by atoms with van der Waals surface area (Å²) >= 11 is 0. The first-order chi connectivity index (χ1) is 12.0. The molecule has 2 aliphatic rings. The van der Waals surface area contributed by atoms with Crippen molar-refractivity contribution in [2.75, 3.05) is 13.1 Å². The van der Waals surface area contributed by atoms with Gasteiger partial charge in [-0.05, 0) is 25.0 Å². The summed E-state index contributed by atoms with van der Waals surface area (Å²) < 4.78 is 5.90. The van der Waals surface area contributed by atoms with Crippen molar-refractivity contribution in [1.29, 1.82) is 0 Å². The molecule has 144 valence electrons. The van der Waals surface area contributed by atoms with Gasteiger partial charge in [0.15, 0.2) is 0 Å². The monoisotopic (exact) mass is 383 g/mol. The zero-order valence-electron chi connectivity index (χ0n) is 14.8. The third kappa shape index (κ3) is 4.65. The molecule has 26 heavy (non-hydrogen) atoms. The Morgan fingerprint density at radius 3 is 2.27 bits per heavy atom. The molecule has 0 radical (unpaired) electrons. The average molecular weight is 384 g/mol. The molecule has 0 aromatic heterocycles. The summed E-state index contributed by atoms with van der Waals surface area (Å²) in [5.74, 6) is 0.707. The standard InChI is InChI=1S/C18H25N3O4.ClH/c19-18(10-2-1-3-11-18)17(22)20-12-8-16(9-13-20)25-15-6-4-14(5-7-15)21(23)24;/h4-7,16H,1-3,8-13,19H2;1H. The molecule has 1 amide bonds. The van der Waals surface area contributed by atoms with Gasteiger partial charge >= 0.3 is 0 Å². The largest absolute Gasteiger partial charge is 0.490 e. The number of halogens is 1. The number of nitrogens with two attached hydrogens (primary N) is 1. The van der Waals surface area contributed by atoms with Crippen LogP contribution in [-0.4, -0.2) is 40.5 Å². The normalized spacial score (nSPS) is 20.1. The summed E-state index contributed by atoms with van der Waals surface area (Å²) in [4.78, 5) is 24.9. The Bertz CT molecular complexity index is 624. The lowest BCUT2D eigenvalue weighted by Crippen LogP contribution is -2.58. The highest BCUT2D eigenvalue weighted by Crippen LogP contribution is 2.29. The Balaban J connectivity index is 0.00000243. The number of nitrogens with zero attached hydrogens (tertiary/aromatic N) is 2. The molecule has 1 aromatic carbocycles. The van der Waals surface area contributed by atoms with E-state index in [1.807, 2.05) is 4.90 Å². The zero-order valence-corrected chi connectivity index (χ0v) is 15.6. The molecule has 1 aliphatic carbocycles. The first-order valence-corrected chi connectivity index (χ1v) is 8.97. The Hall–Kier alpha value is -1.86. The second-order valence-electron chi connectivity index (χ2n) is 7.08. The van der Waals surface area contributed by atoms with Gasteiger partial charge in [-0.15, -0.1) is 12.4 Å². The molecule has 1 saturated heterocycles. The number of carbonyl (C=O) groups excluding carboxylic acids is 1. The van der Waals surface area contributed by atoms with Crippen LogP contribution < -0.4 is 10.5 Å². The van der Waals surface area contributed by atoms with Crippen molar-refractivity contribution >= 4 is 24.0 Å². The number of nitro groups is 1. The summed E-state index contributed by atoms with van der Waals surface area (Å²) in [6, 6.07) is 6.11. The summed E-state index contributed by atoms with van der Waals surface area (Å²) in [5.41, 5.74) is 5.73. The number of nitro benzene ring substituents is 1. The first kappa shape index (κ1) is 20.5. The van der Waals surface area contributed by atoms with Crippen LogP contribution in [0.1, 0.15) is 44.9 Å². The topological polar surface area (TPSA) is 98.7 Å². The number of hydrogen-bond acceptors (Lipinski definition) is 5. The minimum Gasteiger partial charge on any atom is -0.490 e. The van der Waals surface area contributed by atoms with Gasteiger partial charge in [-0.25, -0.2) is 0 Å². The lowest BCUT2D eigenvalue weighted by molar-refractivity contribution is -0.384. The van der Waals surface area contributed by atoms with Crippen molar-refractivity contribution in [2.45, 2.75) is 56.6 Å². The highest BCUT2D eigenvalue weighted by molar-refractivity contribution is 5.86. The van der Waals surface area contributed by atoms with E-state index in [4.69, 9.17) is 10.5 Å². The number of carbonyl (C=O) groups is 1. The van der Waals surface area contributed by atoms with Crippen LogP contribution in [-0.2, 0) is 4.79 Å². The van der Waals surface area contributed by atoms with Gasteiger partial charge in [0, 0.05) is 38.1 Å². The third-order valence-electron chi connectivity index (χ3n) is 5.25. The molecule has 2 fully saturated rings. The molecular weight excluding hydrogens is 358 g/mol. The summed E-state index contributed by atoms with van der Waals surface area (Å²) in [6.07, 6.45) is 6.31. The van der Waals surface area contributed by atoms with E-state index in [2.05, 4.69) is 0 Å². The van der Waals surface area contributed by atoms with E-state index < -0.39 is 10.5 Å². The van der Waals surface area contributed by atoms with Crippen molar-refractivity contribution in [3.05, 3.63) is 34.4 Å². The van der Waals surface area contributed by atoms with E-state index in [-0.39, 0.29) is 30.1 Å². The summed E-state index contributed by atoms with van der Waals surface area (Å²) in [5, 5.41) is 10.7. The van der Waals surface area contributed by atoms with Gasteiger partial charge < -0.3 is 15.4 Å². The average Bonchev–Trinajstić information content (AvgIpc) is 2.63. The maximum absolute atomic E-state index is 12.7. The van der Waals surface area contributed by atoms with Gasteiger partial charge in [-0.3, -0.25) is 14.9 Å². The molecule has 3 rings (SSSR count). The number of non-ortho nitro benzene ring substituents is 1. The van der Waals surface area contributed by atoms with Gasteiger partial charge in [-0.2, -0.15) is 0 Å². The van der Waals surface area contributed by atoms with Gasteiger partial charge in [0.05, 0.1) is 10.5 Å². The van der Waals surface area contributed by atoms with E-state index in [0.717, 1.165) is 44.9 Å². The number of amides is 1. The zero-order chi connectivity index (χ0) is 17.9. The van der Waals surface area contributed by atoms with Crippen molar-refractivity contribution in [3.8, 4) is 5.75 Å². The van der Waals surface area contributed by atoms with Crippen molar-refractivity contribution < 1.29 is 14.5 Å². The van der Waals surface area contributed by atoms with Gasteiger partial charge in [0.1, 0.15) is 11.9 Å². The Labute approximate surface area is 159 Å². The molecular formula is C18H26ClN3O4. The smallest absolute Gasteiger partial charge is 0.269 e. The minimum absolute atomic E-state index is 0. The molecule has 0 unspecified atom stereocenters. The van der Waals surface area contributed by atoms with Crippen LogP contribution in [0.2, 0.25) is 0 Å². The Morgan fingerprint density at radius 2 is 1.73 bits per heavy atom. The quantitative estimate of drug-likeness (QED) is 0.636. The van der Waals surface area contributed by atoms with Crippen LogP contribution >= 0.6 is 12.4 Å². The maximum Gasteiger partial charge on any atom is 0.269 e. The highest BCUT2D eigenvalue weighted by Gasteiger charge is 2.39. The van der Waals surface area contributed by atoms with Gasteiger partial charge in [-0.1, -0.05) is 19.3 Å². The molecule has 2 N–H and O–H groups in total.